The van der Waals surface area contributed by atoms with Crippen LogP contribution in [0.5, 0.6) is 0 Å². The van der Waals surface area contributed by atoms with E-state index in [0.717, 1.165) is 17.6 Å². The molecule has 0 radical (unpaired) electrons. The summed E-state index contributed by atoms with van der Waals surface area (Å²) in [6.07, 6.45) is 11.4. The first-order valence-electron chi connectivity index (χ1n) is 6.31. The van der Waals surface area contributed by atoms with Gasteiger partial charge in [0.25, 0.3) is 0 Å². The van der Waals surface area contributed by atoms with E-state index in [0.29, 0.717) is 0 Å². The lowest BCUT2D eigenvalue weighted by Crippen LogP contribution is -1.98. The number of halogens is 1. The van der Waals surface area contributed by atoms with Gasteiger partial charge in [0.2, 0.25) is 0 Å². The second kappa shape index (κ2) is 8.74. The second-order valence-corrected chi connectivity index (χ2v) is 4.79. The molecule has 3 nitrogen and oxygen atoms in total. The zero-order chi connectivity index (χ0) is 11.6. The van der Waals surface area contributed by atoms with E-state index < -0.39 is 0 Å². The molecule has 0 saturated carbocycles. The number of aromatic nitrogens is 3. The van der Waals surface area contributed by atoms with Crippen molar-refractivity contribution in [2.45, 2.75) is 63.7 Å². The number of aryl methyl sites for hydroxylation is 1. The van der Waals surface area contributed by atoms with Gasteiger partial charge in [0.15, 0.2) is 0 Å². The number of hydrogen-bond donors (Lipinski definition) is 0. The largest absolute Gasteiger partial charge is 0.252 e. The van der Waals surface area contributed by atoms with Crippen molar-refractivity contribution in [2.75, 3.05) is 0 Å². The van der Waals surface area contributed by atoms with Crippen LogP contribution >= 0.6 is 15.9 Å². The molecule has 0 unspecified atom stereocenters. The van der Waals surface area contributed by atoms with E-state index >= 15 is 0 Å². The lowest BCUT2D eigenvalue weighted by Gasteiger charge is -2.01. The topological polar surface area (TPSA) is 30.7 Å². The standard InChI is InChI=1S/C12H22BrN3/c1-2-3-4-5-6-7-8-9-16-11-12(10-13)14-15-16/h11H,2-10H2,1H3. The molecule has 0 spiro atoms. The van der Waals surface area contributed by atoms with Crippen LogP contribution in [0.3, 0.4) is 0 Å². The van der Waals surface area contributed by atoms with Gasteiger partial charge in [-0.1, -0.05) is 66.6 Å². The van der Waals surface area contributed by atoms with Gasteiger partial charge in [-0.2, -0.15) is 0 Å². The van der Waals surface area contributed by atoms with Gasteiger partial charge in [-0.3, -0.25) is 4.68 Å². The summed E-state index contributed by atoms with van der Waals surface area (Å²) >= 11 is 3.37. The Labute approximate surface area is 107 Å². The first kappa shape index (κ1) is 13.7. The van der Waals surface area contributed by atoms with Gasteiger partial charge in [0, 0.05) is 18.1 Å². The maximum absolute atomic E-state index is 4.07. The number of unbranched alkanes of at least 4 members (excludes halogenated alkanes) is 6. The van der Waals surface area contributed by atoms with Crippen LogP contribution in [0.1, 0.15) is 57.6 Å². The highest BCUT2D eigenvalue weighted by Gasteiger charge is 1.98. The molecule has 0 atom stereocenters. The van der Waals surface area contributed by atoms with Crippen molar-refractivity contribution >= 4 is 15.9 Å². The third-order valence-corrected chi connectivity index (χ3v) is 3.29. The zero-order valence-corrected chi connectivity index (χ0v) is 11.7. The molecule has 0 fully saturated rings. The van der Waals surface area contributed by atoms with Gasteiger partial charge < -0.3 is 0 Å². The number of hydrogen-bond acceptors (Lipinski definition) is 2. The van der Waals surface area contributed by atoms with Gasteiger partial charge in [-0.05, 0) is 6.42 Å². The Morgan fingerprint density at radius 2 is 1.81 bits per heavy atom. The van der Waals surface area contributed by atoms with E-state index in [2.05, 4.69) is 33.2 Å². The molecule has 0 bridgehead atoms. The van der Waals surface area contributed by atoms with Crippen molar-refractivity contribution in [3.05, 3.63) is 11.9 Å². The fraction of sp³-hybridized carbons (Fsp3) is 0.833. The summed E-state index contributed by atoms with van der Waals surface area (Å²) < 4.78 is 1.95. The van der Waals surface area contributed by atoms with Crippen LogP contribution in [0.2, 0.25) is 0 Å². The summed E-state index contributed by atoms with van der Waals surface area (Å²) in [4.78, 5) is 0. The Bertz CT molecular complexity index is 273. The lowest BCUT2D eigenvalue weighted by atomic mass is 10.1. The van der Waals surface area contributed by atoms with Crippen LogP contribution in [0.25, 0.3) is 0 Å². The van der Waals surface area contributed by atoms with E-state index in [9.17, 15) is 0 Å². The van der Waals surface area contributed by atoms with Crippen LogP contribution in [0, 0.1) is 0 Å². The number of nitrogens with zero attached hydrogens (tertiary/aromatic N) is 3. The van der Waals surface area contributed by atoms with Crippen LogP contribution < -0.4 is 0 Å². The van der Waals surface area contributed by atoms with E-state index in [-0.39, 0.29) is 0 Å². The summed E-state index contributed by atoms with van der Waals surface area (Å²) in [5.74, 6) is 0. The Hall–Kier alpha value is -0.380. The van der Waals surface area contributed by atoms with E-state index in [1.54, 1.807) is 0 Å². The van der Waals surface area contributed by atoms with Crippen LogP contribution in [0.15, 0.2) is 6.20 Å². The summed E-state index contributed by atoms with van der Waals surface area (Å²) in [5, 5.41) is 8.91. The smallest absolute Gasteiger partial charge is 0.0932 e. The van der Waals surface area contributed by atoms with Gasteiger partial charge in [0.1, 0.15) is 0 Å². The van der Waals surface area contributed by atoms with Crippen molar-refractivity contribution in [3.63, 3.8) is 0 Å². The van der Waals surface area contributed by atoms with Gasteiger partial charge >= 0.3 is 0 Å². The van der Waals surface area contributed by atoms with Crippen molar-refractivity contribution < 1.29 is 0 Å². The molecule has 0 saturated heterocycles. The molecule has 0 aliphatic heterocycles. The first-order chi connectivity index (χ1) is 7.86. The van der Waals surface area contributed by atoms with Crippen molar-refractivity contribution in [2.24, 2.45) is 0 Å². The minimum atomic E-state index is 0.796. The van der Waals surface area contributed by atoms with Crippen molar-refractivity contribution in [1.29, 1.82) is 0 Å². The minimum Gasteiger partial charge on any atom is -0.252 e. The molecular weight excluding hydrogens is 266 g/mol. The molecule has 1 aromatic heterocycles. The summed E-state index contributed by atoms with van der Waals surface area (Å²) in [6, 6.07) is 0. The predicted octanol–water partition coefficient (Wildman–Crippen LogP) is 3.92. The average Bonchev–Trinajstić information content (AvgIpc) is 2.76. The third-order valence-electron chi connectivity index (χ3n) is 2.71. The van der Waals surface area contributed by atoms with Gasteiger partial charge in [0.05, 0.1) is 5.69 Å². The van der Waals surface area contributed by atoms with Gasteiger partial charge in [-0.25, -0.2) is 0 Å². The Morgan fingerprint density at radius 3 is 2.44 bits per heavy atom. The van der Waals surface area contributed by atoms with E-state index in [1.807, 2.05) is 10.9 Å². The molecule has 0 amide bonds. The van der Waals surface area contributed by atoms with Crippen molar-refractivity contribution in [1.82, 2.24) is 15.0 Å². The molecular formula is C12H22BrN3. The summed E-state index contributed by atoms with van der Waals surface area (Å²) in [7, 11) is 0. The van der Waals surface area contributed by atoms with E-state index in [4.69, 9.17) is 0 Å². The summed E-state index contributed by atoms with van der Waals surface area (Å²) in [5.41, 5.74) is 1.02. The highest BCUT2D eigenvalue weighted by molar-refractivity contribution is 9.08. The highest BCUT2D eigenvalue weighted by Crippen LogP contribution is 2.08. The fourth-order valence-electron chi connectivity index (χ4n) is 1.74. The number of alkyl halides is 1. The minimum absolute atomic E-state index is 0.796. The SMILES string of the molecule is CCCCCCCCCn1cc(CBr)nn1. The average molecular weight is 288 g/mol. The molecule has 0 aliphatic carbocycles. The molecule has 92 valence electrons. The Balaban J connectivity index is 1.98. The number of rotatable bonds is 9. The Morgan fingerprint density at radius 1 is 1.12 bits per heavy atom. The van der Waals surface area contributed by atoms with Crippen LogP contribution in [0.4, 0.5) is 0 Å². The molecule has 1 heterocycles. The quantitative estimate of drug-likeness (QED) is 0.509. The first-order valence-corrected chi connectivity index (χ1v) is 7.44. The Kier molecular flexibility index (Phi) is 7.47. The molecule has 1 rings (SSSR count). The molecule has 0 aliphatic rings. The molecule has 1 aromatic rings. The zero-order valence-electron chi connectivity index (χ0n) is 10.2. The molecule has 0 N–H and O–H groups in total. The van der Waals surface area contributed by atoms with Crippen molar-refractivity contribution in [3.8, 4) is 0 Å². The normalized spacial score (nSPS) is 10.9. The molecule has 16 heavy (non-hydrogen) atoms. The maximum Gasteiger partial charge on any atom is 0.0932 e. The second-order valence-electron chi connectivity index (χ2n) is 4.23. The monoisotopic (exact) mass is 287 g/mol. The van der Waals surface area contributed by atoms with Crippen LogP contribution in [-0.2, 0) is 11.9 Å². The predicted molar refractivity (Wildman–Crippen MR) is 70.6 cm³/mol. The molecule has 4 heteroatoms. The van der Waals surface area contributed by atoms with E-state index in [1.165, 1.54) is 44.9 Å². The third kappa shape index (κ3) is 5.64. The van der Waals surface area contributed by atoms with Gasteiger partial charge in [-0.15, -0.1) is 5.10 Å². The summed E-state index contributed by atoms with van der Waals surface area (Å²) in [6.45, 7) is 3.26. The molecule has 0 aromatic carbocycles. The highest BCUT2D eigenvalue weighted by atomic mass is 79.9. The maximum atomic E-state index is 4.07. The fourth-order valence-corrected chi connectivity index (χ4v) is 2.00. The van der Waals surface area contributed by atoms with Crippen LogP contribution in [-0.4, -0.2) is 15.0 Å². The lowest BCUT2D eigenvalue weighted by molar-refractivity contribution is 0.513.